The number of primary sulfonamides is 1. The third kappa shape index (κ3) is 7.09. The predicted octanol–water partition coefficient (Wildman–Crippen LogP) is 0.339. The molecule has 0 radical (unpaired) electrons. The third-order valence-electron chi connectivity index (χ3n) is 2.25. The molecule has 0 aromatic carbocycles. The number of ether oxygens (including phenoxy) is 1. The summed E-state index contributed by atoms with van der Waals surface area (Å²) in [6.07, 6.45) is 1.25. The van der Waals surface area contributed by atoms with Crippen molar-refractivity contribution in [2.45, 2.75) is 19.3 Å². The summed E-state index contributed by atoms with van der Waals surface area (Å²) in [5.41, 5.74) is 0.810. The van der Waals surface area contributed by atoms with Gasteiger partial charge in [-0.3, -0.25) is 4.79 Å². The minimum atomic E-state index is -3.40. The average Bonchev–Trinajstić information content (AvgIpc) is 2.78. The standard InChI is InChI=1S/C10H17N3O4S2/c1-17-9(14)4-3-8-7-18-10(13-8)12-5-2-6-19(11,15)16/h7H,2-6H2,1H3,(H,12,13)(H2,11,15,16). The van der Waals surface area contributed by atoms with Crippen molar-refractivity contribution in [3.05, 3.63) is 11.1 Å². The van der Waals surface area contributed by atoms with Crippen molar-refractivity contribution in [2.24, 2.45) is 5.14 Å². The lowest BCUT2D eigenvalue weighted by molar-refractivity contribution is -0.140. The van der Waals surface area contributed by atoms with Crippen molar-refractivity contribution in [1.29, 1.82) is 0 Å². The smallest absolute Gasteiger partial charge is 0.305 e. The Hall–Kier alpha value is -1.19. The number of esters is 1. The SMILES string of the molecule is COC(=O)CCc1csc(NCCCS(N)(=O)=O)n1. The van der Waals surface area contributed by atoms with Crippen molar-refractivity contribution in [3.8, 4) is 0 Å². The van der Waals surface area contributed by atoms with Crippen LogP contribution in [-0.4, -0.2) is 38.8 Å². The van der Waals surface area contributed by atoms with Gasteiger partial charge in [0.05, 0.1) is 25.0 Å². The largest absolute Gasteiger partial charge is 0.469 e. The van der Waals surface area contributed by atoms with Crippen molar-refractivity contribution >= 4 is 32.5 Å². The molecule has 1 aromatic rings. The quantitative estimate of drug-likeness (QED) is 0.529. The van der Waals surface area contributed by atoms with Crippen LogP contribution in [0.25, 0.3) is 0 Å². The van der Waals surface area contributed by atoms with Gasteiger partial charge in [-0.1, -0.05) is 0 Å². The number of hydrogen-bond donors (Lipinski definition) is 2. The van der Waals surface area contributed by atoms with Crippen LogP contribution >= 0.6 is 11.3 Å². The van der Waals surface area contributed by atoms with Gasteiger partial charge in [-0.05, 0) is 6.42 Å². The lowest BCUT2D eigenvalue weighted by atomic mass is 10.2. The first kappa shape index (κ1) is 15.9. The molecule has 0 unspecified atom stereocenters. The van der Waals surface area contributed by atoms with Gasteiger partial charge < -0.3 is 10.1 Å². The molecular weight excluding hydrogens is 290 g/mol. The monoisotopic (exact) mass is 307 g/mol. The van der Waals surface area contributed by atoms with E-state index in [1.807, 2.05) is 5.38 Å². The van der Waals surface area contributed by atoms with E-state index < -0.39 is 10.0 Å². The van der Waals surface area contributed by atoms with Crippen LogP contribution in [0.5, 0.6) is 0 Å². The molecule has 0 bridgehead atoms. The molecule has 0 aliphatic heterocycles. The van der Waals surface area contributed by atoms with E-state index in [1.165, 1.54) is 18.4 Å². The molecule has 3 N–H and O–H groups in total. The Morgan fingerprint density at radius 3 is 2.95 bits per heavy atom. The fourth-order valence-corrected chi connectivity index (χ4v) is 2.62. The third-order valence-corrected chi connectivity index (χ3v) is 3.95. The number of rotatable bonds is 8. The minimum Gasteiger partial charge on any atom is -0.469 e. The fraction of sp³-hybridized carbons (Fsp3) is 0.600. The summed E-state index contributed by atoms with van der Waals surface area (Å²) in [5, 5.41) is 10.5. The molecule has 0 spiro atoms. The van der Waals surface area contributed by atoms with E-state index in [4.69, 9.17) is 5.14 Å². The van der Waals surface area contributed by atoms with Gasteiger partial charge >= 0.3 is 5.97 Å². The van der Waals surface area contributed by atoms with Gasteiger partial charge in [-0.15, -0.1) is 11.3 Å². The molecule has 0 atom stereocenters. The maximum Gasteiger partial charge on any atom is 0.305 e. The number of aryl methyl sites for hydroxylation is 1. The second-order valence-corrected chi connectivity index (χ2v) is 6.46. The number of hydrogen-bond acceptors (Lipinski definition) is 7. The van der Waals surface area contributed by atoms with E-state index in [-0.39, 0.29) is 11.7 Å². The number of carbonyl (C=O) groups is 1. The van der Waals surface area contributed by atoms with Crippen LogP contribution in [0.15, 0.2) is 5.38 Å². The van der Waals surface area contributed by atoms with Crippen molar-refractivity contribution in [2.75, 3.05) is 24.7 Å². The molecule has 19 heavy (non-hydrogen) atoms. The Labute approximate surface area is 116 Å². The van der Waals surface area contributed by atoms with Gasteiger partial charge in [0.2, 0.25) is 10.0 Å². The second kappa shape index (κ2) is 7.41. The van der Waals surface area contributed by atoms with Gasteiger partial charge in [-0.2, -0.15) is 0 Å². The molecule has 0 amide bonds. The van der Waals surface area contributed by atoms with E-state index in [1.54, 1.807) is 0 Å². The first-order chi connectivity index (χ1) is 8.90. The zero-order valence-corrected chi connectivity index (χ0v) is 12.2. The molecule has 0 aliphatic rings. The Kier molecular flexibility index (Phi) is 6.19. The highest BCUT2D eigenvalue weighted by Gasteiger charge is 2.06. The minimum absolute atomic E-state index is 0.0550. The predicted molar refractivity (Wildman–Crippen MR) is 73.5 cm³/mol. The number of nitrogens with one attached hydrogen (secondary N) is 1. The Morgan fingerprint density at radius 1 is 1.58 bits per heavy atom. The number of aromatic nitrogens is 1. The number of carbonyl (C=O) groups excluding carboxylic acids is 1. The first-order valence-corrected chi connectivity index (χ1v) is 8.26. The highest BCUT2D eigenvalue weighted by Crippen LogP contribution is 2.16. The number of thiazole rings is 1. The number of nitrogens with zero attached hydrogens (tertiary/aromatic N) is 1. The summed E-state index contributed by atoms with van der Waals surface area (Å²) < 4.78 is 26.0. The van der Waals surface area contributed by atoms with Crippen molar-refractivity contribution in [1.82, 2.24) is 4.98 Å². The summed E-state index contributed by atoms with van der Waals surface area (Å²) in [7, 11) is -2.05. The summed E-state index contributed by atoms with van der Waals surface area (Å²) in [4.78, 5) is 15.2. The van der Waals surface area contributed by atoms with Crippen molar-refractivity contribution in [3.63, 3.8) is 0 Å². The second-order valence-electron chi connectivity index (χ2n) is 3.87. The molecular formula is C10H17N3O4S2. The van der Waals surface area contributed by atoms with Gasteiger partial charge in [0.1, 0.15) is 0 Å². The molecule has 108 valence electrons. The molecule has 0 saturated carbocycles. The maximum absolute atomic E-state index is 11.0. The molecule has 0 fully saturated rings. The zero-order valence-electron chi connectivity index (χ0n) is 10.6. The molecule has 0 saturated heterocycles. The Morgan fingerprint density at radius 2 is 2.32 bits per heavy atom. The van der Waals surface area contributed by atoms with E-state index in [0.29, 0.717) is 30.9 Å². The highest BCUT2D eigenvalue weighted by atomic mass is 32.2. The van der Waals surface area contributed by atoms with Gasteiger partial charge in [0.15, 0.2) is 5.13 Å². The highest BCUT2D eigenvalue weighted by molar-refractivity contribution is 7.89. The number of sulfonamides is 1. The maximum atomic E-state index is 11.0. The van der Waals surface area contributed by atoms with Crippen molar-refractivity contribution < 1.29 is 17.9 Å². The van der Waals surface area contributed by atoms with Crippen LogP contribution < -0.4 is 10.5 Å². The lowest BCUT2D eigenvalue weighted by Gasteiger charge is -2.01. The fourth-order valence-electron chi connectivity index (χ4n) is 1.30. The van der Waals surface area contributed by atoms with Crippen LogP contribution in [0, 0.1) is 0 Å². The van der Waals surface area contributed by atoms with Crippen LogP contribution in [0.2, 0.25) is 0 Å². The van der Waals surface area contributed by atoms with Gasteiger partial charge in [0.25, 0.3) is 0 Å². The Bertz CT molecular complexity index is 513. The summed E-state index contributed by atoms with van der Waals surface area (Å²) in [6, 6.07) is 0. The topological polar surface area (TPSA) is 111 Å². The van der Waals surface area contributed by atoms with E-state index in [0.717, 1.165) is 5.69 Å². The molecule has 9 heteroatoms. The van der Waals surface area contributed by atoms with Crippen LogP contribution in [-0.2, 0) is 26.0 Å². The van der Waals surface area contributed by atoms with Crippen LogP contribution in [0.4, 0.5) is 5.13 Å². The van der Waals surface area contributed by atoms with E-state index in [2.05, 4.69) is 15.0 Å². The number of methoxy groups -OCH3 is 1. The number of nitrogens with two attached hydrogens (primary N) is 1. The first-order valence-electron chi connectivity index (χ1n) is 5.66. The zero-order chi connectivity index (χ0) is 14.3. The van der Waals surface area contributed by atoms with Crippen LogP contribution in [0.1, 0.15) is 18.5 Å². The molecule has 1 heterocycles. The Balaban J connectivity index is 2.29. The molecule has 1 rings (SSSR count). The normalized spacial score (nSPS) is 11.3. The van der Waals surface area contributed by atoms with E-state index >= 15 is 0 Å². The molecule has 0 aliphatic carbocycles. The summed E-state index contributed by atoms with van der Waals surface area (Å²) in [6.45, 7) is 0.486. The lowest BCUT2D eigenvalue weighted by Crippen LogP contribution is -2.18. The average molecular weight is 307 g/mol. The molecule has 1 aromatic heterocycles. The molecule has 7 nitrogen and oxygen atoms in total. The van der Waals surface area contributed by atoms with Gasteiger partial charge in [-0.25, -0.2) is 18.5 Å². The number of anilines is 1. The summed E-state index contributed by atoms with van der Waals surface area (Å²) >= 11 is 1.41. The van der Waals surface area contributed by atoms with Gasteiger partial charge in [0, 0.05) is 18.3 Å². The van der Waals surface area contributed by atoms with Crippen LogP contribution in [0.3, 0.4) is 0 Å². The summed E-state index contributed by atoms with van der Waals surface area (Å²) in [5.74, 6) is -0.323. The van der Waals surface area contributed by atoms with E-state index in [9.17, 15) is 13.2 Å².